The monoisotopic (exact) mass is 331 g/mol. The van der Waals surface area contributed by atoms with Crippen molar-refractivity contribution < 1.29 is 8.42 Å². The second kappa shape index (κ2) is 4.82. The van der Waals surface area contributed by atoms with Crippen LogP contribution in [0.5, 0.6) is 0 Å². The molecule has 0 saturated heterocycles. The van der Waals surface area contributed by atoms with Crippen LogP contribution in [0.4, 0.5) is 5.69 Å². The molecule has 1 aliphatic carbocycles. The van der Waals surface area contributed by atoms with Crippen LogP contribution in [0, 0.1) is 6.92 Å². The number of fused-ring (bicyclic) bond motifs is 1. The van der Waals surface area contributed by atoms with Crippen LogP contribution in [0.1, 0.15) is 30.1 Å². The second-order valence-electron chi connectivity index (χ2n) is 6.11. The van der Waals surface area contributed by atoms with E-state index in [4.69, 9.17) is 0 Å². The number of nitrogens with one attached hydrogen (secondary N) is 3. The van der Waals surface area contributed by atoms with Crippen molar-refractivity contribution >= 4 is 26.6 Å². The zero-order chi connectivity index (χ0) is 16.2. The average molecular weight is 331 g/mol. The topological polar surface area (TPSA) is 104 Å². The first-order valence-electron chi connectivity index (χ1n) is 7.42. The molecule has 8 heteroatoms. The minimum atomic E-state index is -3.37. The molecule has 1 aromatic carbocycles. The number of aromatic amines is 2. The molecule has 7 nitrogen and oxygen atoms in total. The van der Waals surface area contributed by atoms with Crippen molar-refractivity contribution in [1.82, 2.24) is 20.4 Å². The van der Waals surface area contributed by atoms with E-state index in [2.05, 4.69) is 25.1 Å². The van der Waals surface area contributed by atoms with Crippen LogP contribution >= 0.6 is 0 Å². The summed E-state index contributed by atoms with van der Waals surface area (Å²) >= 11 is 0. The van der Waals surface area contributed by atoms with E-state index in [0.717, 1.165) is 52.5 Å². The van der Waals surface area contributed by atoms with Gasteiger partial charge in [0.25, 0.3) is 0 Å². The predicted molar refractivity (Wildman–Crippen MR) is 88.9 cm³/mol. The maximum absolute atomic E-state index is 11.7. The number of H-pyrrole nitrogens is 2. The molecule has 23 heavy (non-hydrogen) atoms. The summed E-state index contributed by atoms with van der Waals surface area (Å²) in [5.41, 5.74) is 5.34. The van der Waals surface area contributed by atoms with E-state index in [1.165, 1.54) is 0 Å². The first-order valence-corrected chi connectivity index (χ1v) is 9.31. The van der Waals surface area contributed by atoms with Gasteiger partial charge in [-0.1, -0.05) is 0 Å². The van der Waals surface area contributed by atoms with Gasteiger partial charge in [-0.3, -0.25) is 14.9 Å². The van der Waals surface area contributed by atoms with Crippen LogP contribution in [0.15, 0.2) is 18.3 Å². The summed E-state index contributed by atoms with van der Waals surface area (Å²) in [5.74, 6) is 0.499. The van der Waals surface area contributed by atoms with Crippen molar-refractivity contribution in [1.29, 1.82) is 0 Å². The van der Waals surface area contributed by atoms with E-state index in [1.54, 1.807) is 6.20 Å². The van der Waals surface area contributed by atoms with Gasteiger partial charge in [0.1, 0.15) is 0 Å². The van der Waals surface area contributed by atoms with Crippen molar-refractivity contribution in [3.8, 4) is 11.1 Å². The SMILES string of the molecule is Cc1[nH]nc(C2CC2)c1-c1cc(NS(C)(=O)=O)c2cn[nH]c2c1. The number of aryl methyl sites for hydroxylation is 1. The fourth-order valence-electron chi connectivity index (χ4n) is 2.94. The Bertz CT molecular complexity index is 998. The Kier molecular flexibility index (Phi) is 2.99. The number of rotatable bonds is 4. The normalized spacial score (nSPS) is 15.2. The number of aromatic nitrogens is 4. The van der Waals surface area contributed by atoms with Gasteiger partial charge in [-0.05, 0) is 37.5 Å². The molecule has 0 unspecified atom stereocenters. The van der Waals surface area contributed by atoms with Crippen molar-refractivity contribution in [2.45, 2.75) is 25.7 Å². The van der Waals surface area contributed by atoms with E-state index in [9.17, 15) is 8.42 Å². The molecule has 1 aliphatic rings. The van der Waals surface area contributed by atoms with Gasteiger partial charge in [-0.2, -0.15) is 10.2 Å². The molecule has 4 rings (SSSR count). The summed E-state index contributed by atoms with van der Waals surface area (Å²) in [5, 5.41) is 15.2. The lowest BCUT2D eigenvalue weighted by molar-refractivity contribution is 0.607. The van der Waals surface area contributed by atoms with Gasteiger partial charge in [0.05, 0.1) is 29.4 Å². The van der Waals surface area contributed by atoms with Crippen molar-refractivity contribution in [3.05, 3.63) is 29.7 Å². The highest BCUT2D eigenvalue weighted by Crippen LogP contribution is 2.45. The van der Waals surface area contributed by atoms with E-state index in [-0.39, 0.29) is 0 Å². The molecule has 0 bridgehead atoms. The van der Waals surface area contributed by atoms with Gasteiger partial charge in [0.15, 0.2) is 0 Å². The van der Waals surface area contributed by atoms with Crippen molar-refractivity contribution in [2.75, 3.05) is 11.0 Å². The molecule has 2 aromatic heterocycles. The Hall–Kier alpha value is -2.35. The van der Waals surface area contributed by atoms with E-state index in [1.807, 2.05) is 19.1 Å². The molecule has 1 fully saturated rings. The number of hydrogen-bond donors (Lipinski definition) is 3. The third kappa shape index (κ3) is 2.59. The molecule has 2 heterocycles. The lowest BCUT2D eigenvalue weighted by Crippen LogP contribution is -2.09. The minimum Gasteiger partial charge on any atom is -0.283 e. The number of benzene rings is 1. The average Bonchev–Trinajstić information content (AvgIpc) is 3.05. The van der Waals surface area contributed by atoms with Crippen molar-refractivity contribution in [3.63, 3.8) is 0 Å². The molecular formula is C15H17N5O2S. The molecule has 3 N–H and O–H groups in total. The fraction of sp³-hybridized carbons (Fsp3) is 0.333. The van der Waals surface area contributed by atoms with Crippen molar-refractivity contribution in [2.24, 2.45) is 0 Å². The molecule has 0 aliphatic heterocycles. The van der Waals surface area contributed by atoms with Crippen LogP contribution in [0.3, 0.4) is 0 Å². The number of nitrogens with zero attached hydrogens (tertiary/aromatic N) is 2. The molecule has 3 aromatic rings. The summed E-state index contributed by atoms with van der Waals surface area (Å²) in [4.78, 5) is 0. The Labute approximate surface area is 133 Å². The Morgan fingerprint density at radius 2 is 2.04 bits per heavy atom. The van der Waals surface area contributed by atoms with Gasteiger partial charge in [0, 0.05) is 22.6 Å². The van der Waals surface area contributed by atoms with Crippen LogP contribution in [0.2, 0.25) is 0 Å². The Balaban J connectivity index is 1.93. The summed E-state index contributed by atoms with van der Waals surface area (Å²) in [7, 11) is -3.37. The first-order chi connectivity index (χ1) is 10.9. The van der Waals surface area contributed by atoms with Gasteiger partial charge >= 0.3 is 0 Å². The predicted octanol–water partition coefficient (Wildman–Crippen LogP) is 2.51. The lowest BCUT2D eigenvalue weighted by Gasteiger charge is -2.10. The molecule has 0 spiro atoms. The standard InChI is InChI=1S/C15H17N5O2S/c1-8-14(15(19-17-8)9-3-4-9)10-5-12-11(7-16-18-12)13(6-10)20-23(2,21)22/h5-7,9,20H,3-4H2,1-2H3,(H,16,18)(H,17,19). The molecular weight excluding hydrogens is 314 g/mol. The summed E-state index contributed by atoms with van der Waals surface area (Å²) in [6.45, 7) is 1.98. The summed E-state index contributed by atoms with van der Waals surface area (Å²) in [6, 6.07) is 3.84. The fourth-order valence-corrected chi connectivity index (χ4v) is 3.51. The van der Waals surface area contributed by atoms with Gasteiger partial charge in [-0.25, -0.2) is 8.42 Å². The molecule has 0 atom stereocenters. The highest BCUT2D eigenvalue weighted by molar-refractivity contribution is 7.92. The second-order valence-corrected chi connectivity index (χ2v) is 7.86. The number of hydrogen-bond acceptors (Lipinski definition) is 4. The van der Waals surface area contributed by atoms with E-state index >= 15 is 0 Å². The highest BCUT2D eigenvalue weighted by Gasteiger charge is 2.30. The highest BCUT2D eigenvalue weighted by atomic mass is 32.2. The first kappa shape index (κ1) is 14.3. The van der Waals surface area contributed by atoms with Gasteiger partial charge < -0.3 is 0 Å². The zero-order valence-electron chi connectivity index (χ0n) is 12.8. The van der Waals surface area contributed by atoms with E-state index in [0.29, 0.717) is 11.6 Å². The lowest BCUT2D eigenvalue weighted by atomic mass is 9.99. The largest absolute Gasteiger partial charge is 0.283 e. The maximum Gasteiger partial charge on any atom is 0.229 e. The van der Waals surface area contributed by atoms with Gasteiger partial charge in [0.2, 0.25) is 10.0 Å². The molecule has 120 valence electrons. The van der Waals surface area contributed by atoms with Crippen LogP contribution in [0.25, 0.3) is 22.0 Å². The maximum atomic E-state index is 11.7. The van der Waals surface area contributed by atoms with Gasteiger partial charge in [-0.15, -0.1) is 0 Å². The third-order valence-electron chi connectivity index (χ3n) is 4.08. The summed E-state index contributed by atoms with van der Waals surface area (Å²) in [6.07, 6.45) is 5.07. The molecule has 1 saturated carbocycles. The zero-order valence-corrected chi connectivity index (χ0v) is 13.7. The number of anilines is 1. The number of sulfonamides is 1. The Morgan fingerprint density at radius 3 is 2.74 bits per heavy atom. The smallest absolute Gasteiger partial charge is 0.229 e. The van der Waals surface area contributed by atoms with Crippen LogP contribution in [-0.2, 0) is 10.0 Å². The van der Waals surface area contributed by atoms with Crippen LogP contribution in [-0.4, -0.2) is 35.1 Å². The Morgan fingerprint density at radius 1 is 1.26 bits per heavy atom. The quantitative estimate of drug-likeness (QED) is 0.683. The van der Waals surface area contributed by atoms with Crippen LogP contribution < -0.4 is 4.72 Å². The minimum absolute atomic E-state index is 0.499. The van der Waals surface area contributed by atoms with E-state index < -0.39 is 10.0 Å². The molecule has 0 radical (unpaired) electrons. The molecule has 0 amide bonds. The summed E-state index contributed by atoms with van der Waals surface area (Å²) < 4.78 is 25.9. The third-order valence-corrected chi connectivity index (χ3v) is 4.67.